The number of carbonyl (C=O) groups is 1. The van der Waals surface area contributed by atoms with E-state index in [0.29, 0.717) is 6.42 Å². The summed E-state index contributed by atoms with van der Waals surface area (Å²) < 4.78 is 27.6. The first-order valence-electron chi connectivity index (χ1n) is 7.10. The van der Waals surface area contributed by atoms with E-state index in [2.05, 4.69) is 5.32 Å². The molecule has 1 fully saturated rings. The highest BCUT2D eigenvalue weighted by atomic mass is 19.3. The Labute approximate surface area is 114 Å². The van der Waals surface area contributed by atoms with Crippen LogP contribution in [0.5, 0.6) is 0 Å². The molecule has 2 atom stereocenters. The molecule has 0 bridgehead atoms. The fraction of sp³-hybridized carbons (Fsp3) is 0.929. The van der Waals surface area contributed by atoms with Crippen LogP contribution < -0.4 is 11.1 Å². The van der Waals surface area contributed by atoms with Gasteiger partial charge in [-0.05, 0) is 19.3 Å². The van der Waals surface area contributed by atoms with E-state index in [-0.39, 0.29) is 30.8 Å². The summed E-state index contributed by atoms with van der Waals surface area (Å²) >= 11 is 0. The van der Waals surface area contributed by atoms with Gasteiger partial charge in [0.2, 0.25) is 5.91 Å². The molecule has 3 nitrogen and oxygen atoms in total. The van der Waals surface area contributed by atoms with Crippen molar-refractivity contribution in [1.82, 2.24) is 5.32 Å². The molecular formula is C14H26F2N2O. The average molecular weight is 276 g/mol. The highest BCUT2D eigenvalue weighted by Crippen LogP contribution is 2.38. The van der Waals surface area contributed by atoms with Crippen molar-refractivity contribution in [3.05, 3.63) is 0 Å². The van der Waals surface area contributed by atoms with Gasteiger partial charge >= 0.3 is 0 Å². The van der Waals surface area contributed by atoms with Gasteiger partial charge in [0, 0.05) is 30.3 Å². The molecule has 2 unspecified atom stereocenters. The molecule has 0 aromatic rings. The minimum absolute atomic E-state index is 0.110. The molecule has 1 aliphatic carbocycles. The number of carbonyl (C=O) groups excluding carboxylic acids is 1. The first-order valence-corrected chi connectivity index (χ1v) is 7.10. The lowest BCUT2D eigenvalue weighted by molar-refractivity contribution is -0.123. The summed E-state index contributed by atoms with van der Waals surface area (Å²) in [5.41, 5.74) is 4.23. The van der Waals surface area contributed by atoms with Crippen LogP contribution in [-0.2, 0) is 4.79 Å². The van der Waals surface area contributed by atoms with Crippen molar-refractivity contribution in [3.8, 4) is 0 Å². The van der Waals surface area contributed by atoms with E-state index >= 15 is 0 Å². The number of nitrogens with one attached hydrogen (secondary N) is 1. The Hall–Kier alpha value is -0.710. The Morgan fingerprint density at radius 1 is 1.37 bits per heavy atom. The van der Waals surface area contributed by atoms with Crippen LogP contribution in [0, 0.1) is 11.3 Å². The molecule has 3 N–H and O–H groups in total. The predicted molar refractivity (Wildman–Crippen MR) is 72.0 cm³/mol. The molecule has 0 saturated heterocycles. The van der Waals surface area contributed by atoms with Crippen LogP contribution in [0.1, 0.15) is 52.9 Å². The molecule has 0 aromatic carbocycles. The maximum Gasteiger partial charge on any atom is 0.254 e. The zero-order chi connectivity index (χ0) is 14.7. The van der Waals surface area contributed by atoms with Gasteiger partial charge in [-0.25, -0.2) is 8.78 Å². The van der Waals surface area contributed by atoms with Crippen LogP contribution >= 0.6 is 0 Å². The van der Waals surface area contributed by atoms with Crippen molar-refractivity contribution in [2.45, 2.75) is 64.8 Å². The van der Waals surface area contributed by atoms with E-state index in [1.165, 1.54) is 6.92 Å². The first-order chi connectivity index (χ1) is 8.69. The van der Waals surface area contributed by atoms with E-state index in [4.69, 9.17) is 5.73 Å². The summed E-state index contributed by atoms with van der Waals surface area (Å²) in [5, 5.41) is 3.20. The van der Waals surface area contributed by atoms with Crippen molar-refractivity contribution in [2.24, 2.45) is 17.1 Å². The molecule has 1 aliphatic rings. The maximum atomic E-state index is 13.8. The van der Waals surface area contributed by atoms with E-state index in [1.807, 2.05) is 0 Å². The maximum absolute atomic E-state index is 13.8. The number of halogens is 2. The Bertz CT molecular complexity index is 319. The third kappa shape index (κ3) is 4.13. The lowest BCUT2D eigenvalue weighted by Crippen LogP contribution is -2.48. The minimum atomic E-state index is -2.68. The van der Waals surface area contributed by atoms with Gasteiger partial charge in [-0.15, -0.1) is 0 Å². The van der Waals surface area contributed by atoms with Gasteiger partial charge in [-0.2, -0.15) is 0 Å². The van der Waals surface area contributed by atoms with Gasteiger partial charge in [0.25, 0.3) is 5.92 Å². The van der Waals surface area contributed by atoms with Crippen LogP contribution in [0.25, 0.3) is 0 Å². The van der Waals surface area contributed by atoms with Crippen molar-refractivity contribution >= 4 is 5.91 Å². The molecule has 112 valence electrons. The number of primary amides is 1. The van der Waals surface area contributed by atoms with Crippen LogP contribution in [0.15, 0.2) is 0 Å². The Balaban J connectivity index is 2.50. The topological polar surface area (TPSA) is 55.1 Å². The highest BCUT2D eigenvalue weighted by molar-refractivity contribution is 5.76. The van der Waals surface area contributed by atoms with Crippen LogP contribution in [0.4, 0.5) is 8.78 Å². The molecule has 0 radical (unpaired) electrons. The third-order valence-corrected chi connectivity index (χ3v) is 4.34. The second-order valence-electron chi connectivity index (χ2n) is 6.29. The van der Waals surface area contributed by atoms with Crippen LogP contribution in [-0.4, -0.2) is 24.4 Å². The van der Waals surface area contributed by atoms with Gasteiger partial charge in [0.15, 0.2) is 0 Å². The van der Waals surface area contributed by atoms with Gasteiger partial charge < -0.3 is 11.1 Å². The summed E-state index contributed by atoms with van der Waals surface area (Å²) in [7, 11) is 0. The number of rotatable bonds is 6. The van der Waals surface area contributed by atoms with Crippen molar-refractivity contribution in [2.75, 3.05) is 6.54 Å². The van der Waals surface area contributed by atoms with Gasteiger partial charge in [0.1, 0.15) is 0 Å². The molecule has 19 heavy (non-hydrogen) atoms. The fourth-order valence-electron chi connectivity index (χ4n) is 2.64. The normalized spacial score (nSPS) is 25.3. The van der Waals surface area contributed by atoms with E-state index in [1.54, 1.807) is 13.8 Å². The molecule has 1 rings (SSSR count). The first kappa shape index (κ1) is 16.3. The van der Waals surface area contributed by atoms with E-state index in [0.717, 1.165) is 19.3 Å². The molecule has 0 spiro atoms. The van der Waals surface area contributed by atoms with Crippen molar-refractivity contribution in [3.63, 3.8) is 0 Å². The summed E-state index contributed by atoms with van der Waals surface area (Å²) in [6.45, 7) is 4.92. The molecular weight excluding hydrogens is 250 g/mol. The molecule has 0 aliphatic heterocycles. The molecule has 5 heteroatoms. The minimum Gasteiger partial charge on any atom is -0.369 e. The lowest BCUT2D eigenvalue weighted by atomic mass is 9.81. The number of amides is 1. The number of alkyl halides is 2. The number of nitrogens with two attached hydrogens (primary N) is 1. The quantitative estimate of drug-likeness (QED) is 0.783. The van der Waals surface area contributed by atoms with E-state index in [9.17, 15) is 13.6 Å². The monoisotopic (exact) mass is 276 g/mol. The van der Waals surface area contributed by atoms with Crippen LogP contribution in [0.3, 0.4) is 0 Å². The fourth-order valence-corrected chi connectivity index (χ4v) is 2.64. The summed E-state index contributed by atoms with van der Waals surface area (Å²) in [6, 6.07) is 0.123. The number of hydrogen-bond acceptors (Lipinski definition) is 2. The smallest absolute Gasteiger partial charge is 0.254 e. The van der Waals surface area contributed by atoms with Gasteiger partial charge in [0.05, 0.1) is 0 Å². The zero-order valence-electron chi connectivity index (χ0n) is 12.1. The summed E-state index contributed by atoms with van der Waals surface area (Å²) in [5.74, 6) is -3.07. The SMILES string of the molecule is CCC(F)(F)C(C)(C)CNC1CCCC(C(N)=O)C1. The average Bonchev–Trinajstić information content (AvgIpc) is 2.36. The predicted octanol–water partition coefficient (Wildman–Crippen LogP) is 2.69. The third-order valence-electron chi connectivity index (χ3n) is 4.34. The standard InChI is InChI=1S/C14H26F2N2O/c1-4-14(15,16)13(2,3)9-18-11-7-5-6-10(8-11)12(17)19/h10-11,18H,4-9H2,1-3H3,(H2,17,19). The van der Waals surface area contributed by atoms with E-state index < -0.39 is 11.3 Å². The highest BCUT2D eigenvalue weighted by Gasteiger charge is 2.44. The molecule has 1 saturated carbocycles. The molecule has 0 aromatic heterocycles. The summed E-state index contributed by atoms with van der Waals surface area (Å²) in [4.78, 5) is 11.2. The second kappa shape index (κ2) is 6.16. The summed E-state index contributed by atoms with van der Waals surface area (Å²) in [6.07, 6.45) is 3.19. The molecule has 0 heterocycles. The van der Waals surface area contributed by atoms with Gasteiger partial charge in [-0.3, -0.25) is 4.79 Å². The molecule has 1 amide bonds. The number of hydrogen-bond donors (Lipinski definition) is 2. The Morgan fingerprint density at radius 2 is 2.00 bits per heavy atom. The largest absolute Gasteiger partial charge is 0.369 e. The lowest BCUT2D eigenvalue weighted by Gasteiger charge is -2.36. The van der Waals surface area contributed by atoms with Crippen LogP contribution in [0.2, 0.25) is 0 Å². The van der Waals surface area contributed by atoms with Gasteiger partial charge in [-0.1, -0.05) is 27.2 Å². The zero-order valence-corrected chi connectivity index (χ0v) is 12.1. The second-order valence-corrected chi connectivity index (χ2v) is 6.29. The Morgan fingerprint density at radius 3 is 2.53 bits per heavy atom. The Kier molecular flexibility index (Phi) is 5.30. The van der Waals surface area contributed by atoms with Crippen molar-refractivity contribution < 1.29 is 13.6 Å². The van der Waals surface area contributed by atoms with Crippen molar-refractivity contribution in [1.29, 1.82) is 0 Å².